The Labute approximate surface area is 137 Å². The van der Waals surface area contributed by atoms with Crippen molar-refractivity contribution in [2.24, 2.45) is 0 Å². The highest BCUT2D eigenvalue weighted by Crippen LogP contribution is 2.29. The molecule has 2 rings (SSSR count). The molecular weight excluding hydrogens is 325 g/mol. The summed E-state index contributed by atoms with van der Waals surface area (Å²) in [6, 6.07) is 3.85. The molecule has 0 saturated carbocycles. The minimum absolute atomic E-state index is 0.00619. The van der Waals surface area contributed by atoms with Crippen LogP contribution in [-0.4, -0.2) is 49.1 Å². The summed E-state index contributed by atoms with van der Waals surface area (Å²) in [5.41, 5.74) is -0.752. The Balaban J connectivity index is 1.87. The van der Waals surface area contributed by atoms with Gasteiger partial charge in [-0.3, -0.25) is 9.59 Å². The molecule has 1 aromatic rings. The van der Waals surface area contributed by atoms with Crippen LogP contribution in [-0.2, 0) is 15.7 Å². The zero-order chi connectivity index (χ0) is 17.7. The minimum atomic E-state index is -4.45. The minimum Gasteiger partial charge on any atom is -0.375 e. The molecule has 1 aromatic carbocycles. The summed E-state index contributed by atoms with van der Waals surface area (Å²) >= 11 is 0. The molecule has 1 aliphatic heterocycles. The molecule has 2 amide bonds. The van der Waals surface area contributed by atoms with Gasteiger partial charge in [0.1, 0.15) is 0 Å². The molecule has 1 atom stereocenters. The van der Waals surface area contributed by atoms with Crippen LogP contribution in [0.1, 0.15) is 29.3 Å². The Morgan fingerprint density at radius 1 is 1.29 bits per heavy atom. The summed E-state index contributed by atoms with van der Waals surface area (Å²) < 4.78 is 42.9. The Kier molecular flexibility index (Phi) is 5.82. The normalized spacial score (nSPS) is 18.3. The first kappa shape index (κ1) is 18.3. The van der Waals surface area contributed by atoms with E-state index >= 15 is 0 Å². The lowest BCUT2D eigenvalue weighted by atomic mass is 10.1. The van der Waals surface area contributed by atoms with Crippen LogP contribution in [0.5, 0.6) is 0 Å². The van der Waals surface area contributed by atoms with E-state index < -0.39 is 17.6 Å². The molecule has 0 spiro atoms. The number of ether oxygens (including phenoxy) is 1. The zero-order valence-corrected chi connectivity index (χ0v) is 13.2. The van der Waals surface area contributed by atoms with Gasteiger partial charge in [-0.1, -0.05) is 6.92 Å². The van der Waals surface area contributed by atoms with E-state index in [1.165, 1.54) is 0 Å². The van der Waals surface area contributed by atoms with Gasteiger partial charge in [0.15, 0.2) is 0 Å². The Bertz CT molecular complexity index is 587. The predicted molar refractivity (Wildman–Crippen MR) is 80.4 cm³/mol. The number of hydrogen-bond acceptors (Lipinski definition) is 3. The van der Waals surface area contributed by atoms with Crippen LogP contribution < -0.4 is 5.32 Å². The van der Waals surface area contributed by atoms with Gasteiger partial charge in [0.25, 0.3) is 5.91 Å². The molecule has 8 heteroatoms. The summed E-state index contributed by atoms with van der Waals surface area (Å²) in [6.45, 7) is 3.16. The van der Waals surface area contributed by atoms with Crippen LogP contribution in [0.2, 0.25) is 0 Å². The van der Waals surface area contributed by atoms with Crippen molar-refractivity contribution in [1.82, 2.24) is 10.2 Å². The molecule has 132 valence electrons. The van der Waals surface area contributed by atoms with Crippen molar-refractivity contribution in [2.45, 2.75) is 25.6 Å². The second kappa shape index (κ2) is 7.65. The van der Waals surface area contributed by atoms with E-state index in [-0.39, 0.29) is 24.1 Å². The fraction of sp³-hybridized carbons (Fsp3) is 0.500. The van der Waals surface area contributed by atoms with E-state index in [4.69, 9.17) is 4.74 Å². The fourth-order valence-electron chi connectivity index (χ4n) is 2.37. The first-order valence-electron chi connectivity index (χ1n) is 7.66. The van der Waals surface area contributed by atoms with Crippen LogP contribution in [0.4, 0.5) is 13.2 Å². The highest BCUT2D eigenvalue weighted by molar-refractivity contribution is 5.96. The van der Waals surface area contributed by atoms with Crippen LogP contribution in [0.25, 0.3) is 0 Å². The summed E-state index contributed by atoms with van der Waals surface area (Å²) in [6.07, 6.45) is -3.66. The summed E-state index contributed by atoms with van der Waals surface area (Å²) in [5.74, 6) is -0.825. The van der Waals surface area contributed by atoms with Crippen molar-refractivity contribution in [3.8, 4) is 0 Å². The number of nitrogens with one attached hydrogen (secondary N) is 1. The number of rotatable bonds is 4. The maximum atomic E-state index is 12.5. The van der Waals surface area contributed by atoms with E-state index in [1.807, 2.05) is 6.92 Å². The molecular formula is C16H19F3N2O3. The molecule has 0 radical (unpaired) electrons. The predicted octanol–water partition coefficient (Wildman–Crippen LogP) is 2.07. The maximum Gasteiger partial charge on any atom is 0.416 e. The lowest BCUT2D eigenvalue weighted by Crippen LogP contribution is -2.48. The Morgan fingerprint density at radius 3 is 2.54 bits per heavy atom. The van der Waals surface area contributed by atoms with E-state index in [0.29, 0.717) is 19.7 Å². The fourth-order valence-corrected chi connectivity index (χ4v) is 2.37. The van der Waals surface area contributed by atoms with Gasteiger partial charge < -0.3 is 15.0 Å². The molecule has 1 aliphatic rings. The lowest BCUT2D eigenvalue weighted by molar-refractivity contribution is -0.138. The molecule has 1 heterocycles. The average molecular weight is 344 g/mol. The van der Waals surface area contributed by atoms with Crippen molar-refractivity contribution >= 4 is 11.8 Å². The largest absolute Gasteiger partial charge is 0.416 e. The van der Waals surface area contributed by atoms with Crippen molar-refractivity contribution in [1.29, 1.82) is 0 Å². The molecule has 1 saturated heterocycles. The number of amides is 2. The molecule has 1 fully saturated rings. The second-order valence-corrected chi connectivity index (χ2v) is 5.50. The van der Waals surface area contributed by atoms with Gasteiger partial charge >= 0.3 is 6.18 Å². The van der Waals surface area contributed by atoms with Gasteiger partial charge in [-0.15, -0.1) is 0 Å². The first-order chi connectivity index (χ1) is 11.3. The third-order valence-electron chi connectivity index (χ3n) is 3.82. The number of carbonyl (C=O) groups is 2. The topological polar surface area (TPSA) is 58.6 Å². The number of halogens is 3. The van der Waals surface area contributed by atoms with Crippen LogP contribution >= 0.6 is 0 Å². The highest BCUT2D eigenvalue weighted by atomic mass is 19.4. The van der Waals surface area contributed by atoms with Crippen LogP contribution in [0.3, 0.4) is 0 Å². The van der Waals surface area contributed by atoms with E-state index in [0.717, 1.165) is 30.7 Å². The van der Waals surface area contributed by atoms with Crippen molar-refractivity contribution in [3.63, 3.8) is 0 Å². The number of nitrogens with zero attached hydrogens (tertiary/aromatic N) is 1. The van der Waals surface area contributed by atoms with Crippen molar-refractivity contribution in [3.05, 3.63) is 35.4 Å². The van der Waals surface area contributed by atoms with Gasteiger partial charge in [-0.2, -0.15) is 13.2 Å². The lowest BCUT2D eigenvalue weighted by Gasteiger charge is -2.32. The smallest absolute Gasteiger partial charge is 0.375 e. The standard InChI is InChI=1S/C16H19F3N2O3/c1-2-13-10-21(7-8-24-13)14(22)9-20-15(23)11-3-5-12(6-4-11)16(17,18)19/h3-6,13H,2,7-10H2,1H3,(H,20,23). The molecule has 1 unspecified atom stereocenters. The number of morpholine rings is 1. The van der Waals surface area contributed by atoms with Crippen LogP contribution in [0.15, 0.2) is 24.3 Å². The van der Waals surface area contributed by atoms with E-state index in [9.17, 15) is 22.8 Å². The number of alkyl halides is 3. The molecule has 0 aliphatic carbocycles. The van der Waals surface area contributed by atoms with Gasteiger partial charge in [0.05, 0.1) is 24.8 Å². The third-order valence-corrected chi connectivity index (χ3v) is 3.82. The van der Waals surface area contributed by atoms with E-state index in [1.54, 1.807) is 4.90 Å². The Hall–Kier alpha value is -2.09. The van der Waals surface area contributed by atoms with Crippen molar-refractivity contribution < 1.29 is 27.5 Å². The van der Waals surface area contributed by atoms with Gasteiger partial charge in [0, 0.05) is 18.7 Å². The summed E-state index contributed by atoms with van der Waals surface area (Å²) in [7, 11) is 0. The third kappa shape index (κ3) is 4.70. The maximum absolute atomic E-state index is 12.5. The highest BCUT2D eigenvalue weighted by Gasteiger charge is 2.30. The molecule has 0 aromatic heterocycles. The summed E-state index contributed by atoms with van der Waals surface area (Å²) in [4.78, 5) is 25.6. The van der Waals surface area contributed by atoms with E-state index in [2.05, 4.69) is 5.32 Å². The van der Waals surface area contributed by atoms with Gasteiger partial charge in [-0.25, -0.2) is 0 Å². The molecule has 24 heavy (non-hydrogen) atoms. The molecule has 5 nitrogen and oxygen atoms in total. The summed E-state index contributed by atoms with van der Waals surface area (Å²) in [5, 5.41) is 2.43. The van der Waals surface area contributed by atoms with Crippen LogP contribution in [0, 0.1) is 0 Å². The number of carbonyl (C=O) groups excluding carboxylic acids is 2. The molecule has 0 bridgehead atoms. The zero-order valence-electron chi connectivity index (χ0n) is 13.2. The van der Waals surface area contributed by atoms with Crippen molar-refractivity contribution in [2.75, 3.05) is 26.2 Å². The second-order valence-electron chi connectivity index (χ2n) is 5.50. The SMILES string of the molecule is CCC1CN(C(=O)CNC(=O)c2ccc(C(F)(F)F)cc2)CCO1. The quantitative estimate of drug-likeness (QED) is 0.910. The number of hydrogen-bond donors (Lipinski definition) is 1. The first-order valence-corrected chi connectivity index (χ1v) is 7.66. The Morgan fingerprint density at radius 2 is 1.96 bits per heavy atom. The molecule has 1 N–H and O–H groups in total. The number of benzene rings is 1. The van der Waals surface area contributed by atoms with Gasteiger partial charge in [-0.05, 0) is 30.7 Å². The van der Waals surface area contributed by atoms with Gasteiger partial charge in [0.2, 0.25) is 5.91 Å². The average Bonchev–Trinajstić information content (AvgIpc) is 2.58. The monoisotopic (exact) mass is 344 g/mol.